The molecule has 0 spiro atoms. The smallest absolute Gasteiger partial charge is 0.246 e. The van der Waals surface area contributed by atoms with Crippen LogP contribution in [0.4, 0.5) is 5.13 Å². The van der Waals surface area contributed by atoms with Gasteiger partial charge >= 0.3 is 0 Å². The summed E-state index contributed by atoms with van der Waals surface area (Å²) in [5.74, 6) is 2.98. The summed E-state index contributed by atoms with van der Waals surface area (Å²) in [4.78, 5) is 19.5. The van der Waals surface area contributed by atoms with Crippen molar-refractivity contribution in [2.45, 2.75) is 70.9 Å². The first-order valence-corrected chi connectivity index (χ1v) is 14.0. The largest absolute Gasteiger partial charge is 0.357 e. The van der Waals surface area contributed by atoms with E-state index < -0.39 is 0 Å². The number of likely N-dealkylation sites (N-methyl/N-ethyl adjacent to an activating group) is 1. The molecule has 1 aromatic heterocycles. The summed E-state index contributed by atoms with van der Waals surface area (Å²) < 4.78 is 0. The van der Waals surface area contributed by atoms with Crippen molar-refractivity contribution >= 4 is 22.4 Å². The van der Waals surface area contributed by atoms with Crippen LogP contribution >= 0.6 is 11.3 Å². The summed E-state index contributed by atoms with van der Waals surface area (Å²) >= 11 is 1.76. The molecule has 3 saturated carbocycles. The highest BCUT2D eigenvalue weighted by atomic mass is 32.1. The van der Waals surface area contributed by atoms with Crippen molar-refractivity contribution in [1.29, 1.82) is 0 Å². The van der Waals surface area contributed by atoms with Crippen molar-refractivity contribution in [2.75, 3.05) is 12.4 Å². The Morgan fingerprint density at radius 2 is 1.91 bits per heavy atom. The van der Waals surface area contributed by atoms with E-state index in [1.807, 2.05) is 18.0 Å². The average Bonchev–Trinajstić information content (AvgIpc) is 3.45. The van der Waals surface area contributed by atoms with Crippen molar-refractivity contribution in [1.82, 2.24) is 9.88 Å². The van der Waals surface area contributed by atoms with Crippen LogP contribution in [0, 0.1) is 28.6 Å². The molecule has 34 heavy (non-hydrogen) atoms. The molecule has 5 heteroatoms. The van der Waals surface area contributed by atoms with Crippen molar-refractivity contribution in [3.63, 3.8) is 0 Å². The number of hydrogen-bond donors (Lipinski definition) is 1. The molecule has 4 aliphatic rings. The van der Waals surface area contributed by atoms with Gasteiger partial charge in [-0.15, -0.1) is 11.3 Å². The molecule has 1 aliphatic heterocycles. The van der Waals surface area contributed by atoms with E-state index in [1.54, 1.807) is 11.3 Å². The average molecular weight is 476 g/mol. The number of rotatable bonds is 4. The Morgan fingerprint density at radius 3 is 2.74 bits per heavy atom. The first kappa shape index (κ1) is 22.3. The predicted octanol–water partition coefficient (Wildman–Crippen LogP) is 6.48. The van der Waals surface area contributed by atoms with E-state index in [2.05, 4.69) is 61.0 Å². The number of anilines is 1. The Labute approximate surface area is 207 Å². The van der Waals surface area contributed by atoms with Gasteiger partial charge in [0.15, 0.2) is 5.13 Å². The Kier molecular flexibility index (Phi) is 5.40. The summed E-state index contributed by atoms with van der Waals surface area (Å²) in [6.07, 6.45) is 11.7. The zero-order chi connectivity index (χ0) is 23.5. The monoisotopic (exact) mass is 475 g/mol. The van der Waals surface area contributed by atoms with Gasteiger partial charge < -0.3 is 10.2 Å². The lowest BCUT2D eigenvalue weighted by Gasteiger charge is -2.60. The lowest BCUT2D eigenvalue weighted by atomic mass is 9.47. The molecule has 6 rings (SSSR count). The number of fused-ring (bicyclic) bond motifs is 5. The van der Waals surface area contributed by atoms with Crippen LogP contribution in [0.15, 0.2) is 47.9 Å². The van der Waals surface area contributed by atoms with Crippen LogP contribution in [0.25, 0.3) is 0 Å². The van der Waals surface area contributed by atoms with Gasteiger partial charge in [0.1, 0.15) is 0 Å². The Bertz CT molecular complexity index is 1100. The molecule has 3 fully saturated rings. The van der Waals surface area contributed by atoms with E-state index in [9.17, 15) is 4.79 Å². The number of nitrogens with zero attached hydrogens (tertiary/aromatic N) is 2. The Balaban J connectivity index is 1.20. The number of carbonyl (C=O) groups excluding carboxylic acids is 1. The maximum absolute atomic E-state index is 12.3. The molecule has 1 amide bonds. The topological polar surface area (TPSA) is 45.2 Å². The molecular formula is C29H37N3OS. The van der Waals surface area contributed by atoms with Gasteiger partial charge in [-0.2, -0.15) is 0 Å². The van der Waals surface area contributed by atoms with Crippen LogP contribution in [0.1, 0.15) is 69.5 Å². The number of benzene rings is 1. The fourth-order valence-electron chi connectivity index (χ4n) is 8.53. The lowest BCUT2D eigenvalue weighted by molar-refractivity contribution is -0.138. The highest BCUT2D eigenvalue weighted by Crippen LogP contribution is 2.67. The molecule has 2 heterocycles. The summed E-state index contributed by atoms with van der Waals surface area (Å²) in [6.45, 7) is 5.84. The normalized spacial score (nSPS) is 38.9. The van der Waals surface area contributed by atoms with Gasteiger partial charge in [-0.25, -0.2) is 4.98 Å². The van der Waals surface area contributed by atoms with Crippen molar-refractivity contribution in [2.24, 2.45) is 28.6 Å². The van der Waals surface area contributed by atoms with Gasteiger partial charge in [-0.1, -0.05) is 50.3 Å². The van der Waals surface area contributed by atoms with Gasteiger partial charge in [-0.3, -0.25) is 4.79 Å². The molecule has 0 radical (unpaired) electrons. The van der Waals surface area contributed by atoms with E-state index in [1.165, 1.54) is 43.4 Å². The minimum atomic E-state index is 0.125. The molecule has 3 aliphatic carbocycles. The van der Waals surface area contributed by atoms with Crippen LogP contribution in [0.5, 0.6) is 0 Å². The van der Waals surface area contributed by atoms with E-state index >= 15 is 0 Å². The second kappa shape index (κ2) is 8.22. The standard InChI is InChI=1S/C29H37N3OS/c1-28-15-13-22-20(9-12-25-29(22,2)16-14-26(33)32(25)3)21(28)10-11-23(28)24-18-34-27(31-24)30-17-19-7-5-4-6-8-19/h4-8,14,16,18,20-23,25H,9-13,15,17H2,1-3H3,(H,30,31)/t20-,21-,22+,23?,25?,28-,29+/m0/s1. The third-order valence-electron chi connectivity index (χ3n) is 10.3. The zero-order valence-electron chi connectivity index (χ0n) is 20.7. The minimum Gasteiger partial charge on any atom is -0.357 e. The van der Waals surface area contributed by atoms with Gasteiger partial charge in [-0.05, 0) is 73.3 Å². The fourth-order valence-corrected chi connectivity index (χ4v) is 9.29. The number of aromatic nitrogens is 1. The molecule has 4 nitrogen and oxygen atoms in total. The van der Waals surface area contributed by atoms with Gasteiger partial charge in [0, 0.05) is 36.3 Å². The van der Waals surface area contributed by atoms with Crippen LogP contribution in [-0.4, -0.2) is 28.9 Å². The molecule has 1 N–H and O–H groups in total. The zero-order valence-corrected chi connectivity index (χ0v) is 21.5. The first-order chi connectivity index (χ1) is 16.4. The number of carbonyl (C=O) groups is 1. The van der Waals surface area contributed by atoms with E-state index in [0.717, 1.165) is 29.9 Å². The van der Waals surface area contributed by atoms with Crippen LogP contribution in [0.3, 0.4) is 0 Å². The second-order valence-corrected chi connectivity index (χ2v) is 12.6. The maximum Gasteiger partial charge on any atom is 0.246 e. The molecule has 0 saturated heterocycles. The summed E-state index contributed by atoms with van der Waals surface area (Å²) in [6, 6.07) is 10.9. The molecule has 2 aromatic rings. The highest BCUT2D eigenvalue weighted by Gasteiger charge is 2.60. The van der Waals surface area contributed by atoms with Gasteiger partial charge in [0.2, 0.25) is 5.91 Å². The van der Waals surface area contributed by atoms with Crippen molar-refractivity contribution < 1.29 is 4.79 Å². The summed E-state index contributed by atoms with van der Waals surface area (Å²) in [5.41, 5.74) is 3.07. The van der Waals surface area contributed by atoms with Crippen LogP contribution in [-0.2, 0) is 11.3 Å². The number of hydrogen-bond acceptors (Lipinski definition) is 4. The van der Waals surface area contributed by atoms with E-state index in [4.69, 9.17) is 4.98 Å². The Morgan fingerprint density at radius 1 is 1.09 bits per heavy atom. The predicted molar refractivity (Wildman–Crippen MR) is 139 cm³/mol. The highest BCUT2D eigenvalue weighted by molar-refractivity contribution is 7.13. The number of thiazole rings is 1. The SMILES string of the molecule is CN1C(=O)C=C[C@@]2(C)C1CC[C@@H]1[C@H]2CC[C@]2(C)C(c3csc(NCc4ccccc4)n3)CC[C@@H]12. The van der Waals surface area contributed by atoms with Gasteiger partial charge in [0.25, 0.3) is 0 Å². The molecule has 7 atom stereocenters. The third kappa shape index (κ3) is 3.37. The molecule has 1 aromatic carbocycles. The number of amides is 1. The van der Waals surface area contributed by atoms with E-state index in [0.29, 0.717) is 23.3 Å². The van der Waals surface area contributed by atoms with E-state index in [-0.39, 0.29) is 11.3 Å². The summed E-state index contributed by atoms with van der Waals surface area (Å²) in [7, 11) is 2.01. The Hall–Kier alpha value is -2.14. The first-order valence-electron chi connectivity index (χ1n) is 13.1. The molecule has 2 unspecified atom stereocenters. The third-order valence-corrected chi connectivity index (χ3v) is 11.1. The van der Waals surface area contributed by atoms with Gasteiger partial charge in [0.05, 0.1) is 5.69 Å². The maximum atomic E-state index is 12.3. The molecular weight excluding hydrogens is 438 g/mol. The fraction of sp³-hybridized carbons (Fsp3) is 0.586. The second-order valence-electron chi connectivity index (χ2n) is 11.7. The van der Waals surface area contributed by atoms with Crippen LogP contribution < -0.4 is 5.32 Å². The minimum absolute atomic E-state index is 0.125. The summed E-state index contributed by atoms with van der Waals surface area (Å²) in [5, 5.41) is 6.91. The van der Waals surface area contributed by atoms with Crippen molar-refractivity contribution in [3.05, 3.63) is 59.1 Å². The van der Waals surface area contributed by atoms with Crippen LogP contribution in [0.2, 0.25) is 0 Å². The molecule has 0 bridgehead atoms. The molecule has 180 valence electrons. The number of nitrogens with one attached hydrogen (secondary N) is 1. The quantitative estimate of drug-likeness (QED) is 0.551. The van der Waals surface area contributed by atoms with Crippen molar-refractivity contribution in [3.8, 4) is 0 Å². The lowest BCUT2D eigenvalue weighted by Crippen LogP contribution is -2.59.